The molecule has 0 radical (unpaired) electrons. The van der Waals surface area contributed by atoms with Crippen molar-refractivity contribution in [3.8, 4) is 11.5 Å². The van der Waals surface area contributed by atoms with Gasteiger partial charge in [-0.15, -0.1) is 0 Å². The molecule has 0 atom stereocenters. The third-order valence-electron chi connectivity index (χ3n) is 7.24. The highest BCUT2D eigenvalue weighted by Crippen LogP contribution is 2.34. The maximum Gasteiger partial charge on any atom is 0.294 e. The molecule has 3 heterocycles. The van der Waals surface area contributed by atoms with Crippen molar-refractivity contribution in [1.29, 1.82) is 0 Å². The molecule has 2 aromatic heterocycles. The number of methoxy groups -OCH3 is 2. The zero-order chi connectivity index (χ0) is 28.4. The number of halogens is 2. The number of piperazine rings is 1. The van der Waals surface area contributed by atoms with Gasteiger partial charge in [-0.2, -0.15) is 0 Å². The van der Waals surface area contributed by atoms with Crippen LogP contribution in [-0.2, 0) is 6.54 Å². The summed E-state index contributed by atoms with van der Waals surface area (Å²) < 4.78 is 41.6. The summed E-state index contributed by atoms with van der Waals surface area (Å²) in [5, 5.41) is 15.0. The number of pyridine rings is 1. The van der Waals surface area contributed by atoms with E-state index in [4.69, 9.17) is 9.47 Å². The Morgan fingerprint density at radius 1 is 1.00 bits per heavy atom. The van der Waals surface area contributed by atoms with Gasteiger partial charge >= 0.3 is 0 Å². The van der Waals surface area contributed by atoms with Crippen LogP contribution in [0, 0.1) is 21.7 Å². The fraction of sp³-hybridized carbons (Fsp3) is 0.321. The van der Waals surface area contributed by atoms with Crippen LogP contribution in [0.4, 0.5) is 31.7 Å². The smallest absolute Gasteiger partial charge is 0.294 e. The number of fused-ring (bicyclic) bond motifs is 1. The Morgan fingerprint density at radius 3 is 2.33 bits per heavy atom. The van der Waals surface area contributed by atoms with Crippen molar-refractivity contribution in [1.82, 2.24) is 14.5 Å². The van der Waals surface area contributed by atoms with E-state index in [-0.39, 0.29) is 29.3 Å². The van der Waals surface area contributed by atoms with Crippen molar-refractivity contribution in [2.45, 2.75) is 13.5 Å². The maximum atomic E-state index is 14.9. The largest absolute Gasteiger partial charge is 0.494 e. The highest BCUT2D eigenvalue weighted by molar-refractivity contribution is 5.80. The van der Waals surface area contributed by atoms with Gasteiger partial charge < -0.3 is 29.2 Å². The number of rotatable bonds is 9. The Labute approximate surface area is 229 Å². The Hall–Kier alpha value is -4.45. The van der Waals surface area contributed by atoms with E-state index in [1.165, 1.54) is 20.3 Å². The molecule has 1 N–H and O–H groups in total. The summed E-state index contributed by atoms with van der Waals surface area (Å²) in [6, 6.07) is 11.4. The lowest BCUT2D eigenvalue weighted by Crippen LogP contribution is -2.46. The Morgan fingerprint density at radius 2 is 1.70 bits per heavy atom. The van der Waals surface area contributed by atoms with Crippen LogP contribution in [0.1, 0.15) is 12.5 Å². The minimum atomic E-state index is -0.808. The second-order valence-electron chi connectivity index (χ2n) is 9.44. The summed E-state index contributed by atoms with van der Waals surface area (Å²) in [7, 11) is 2.60. The van der Waals surface area contributed by atoms with Crippen LogP contribution < -0.4 is 19.7 Å². The number of nitrogens with one attached hydrogen (secondary N) is 1. The fourth-order valence-corrected chi connectivity index (χ4v) is 4.96. The van der Waals surface area contributed by atoms with E-state index in [9.17, 15) is 18.9 Å². The highest BCUT2D eigenvalue weighted by Gasteiger charge is 2.23. The summed E-state index contributed by atoms with van der Waals surface area (Å²) in [6.07, 6.45) is 1.67. The molecular weight excluding hydrogens is 522 g/mol. The molecule has 0 aliphatic carbocycles. The van der Waals surface area contributed by atoms with Gasteiger partial charge in [-0.25, -0.2) is 13.8 Å². The van der Waals surface area contributed by atoms with E-state index in [1.54, 1.807) is 41.1 Å². The topological polar surface area (TPSA) is 97.9 Å². The van der Waals surface area contributed by atoms with Crippen molar-refractivity contribution < 1.29 is 23.2 Å². The molecule has 0 amide bonds. The third-order valence-corrected chi connectivity index (χ3v) is 7.24. The van der Waals surface area contributed by atoms with Gasteiger partial charge in [0.15, 0.2) is 23.1 Å². The standard InChI is InChI=1S/C28H30F2N6O4/c1-4-33-11-13-34(14-12-33)18-5-6-20(23(15-18)36(37)38)31-26-8-7-22-21(32-26)9-10-35(22)17-19-27(29)24(39-2)16-25(40-3)28(19)30/h5-10,15-16H,4,11-14,17H2,1-3H3,(H,31,32). The van der Waals surface area contributed by atoms with Crippen LogP contribution in [0.3, 0.4) is 0 Å². The molecule has 210 valence electrons. The van der Waals surface area contributed by atoms with Gasteiger partial charge in [0, 0.05) is 50.2 Å². The van der Waals surface area contributed by atoms with Crippen molar-refractivity contribution in [3.63, 3.8) is 0 Å². The predicted molar refractivity (Wildman–Crippen MR) is 149 cm³/mol. The molecule has 4 aromatic rings. The molecular formula is C28H30F2N6O4. The predicted octanol–water partition coefficient (Wildman–Crippen LogP) is 5.17. The van der Waals surface area contributed by atoms with Crippen LogP contribution >= 0.6 is 0 Å². The van der Waals surface area contributed by atoms with Crippen LogP contribution in [0.5, 0.6) is 11.5 Å². The second-order valence-corrected chi connectivity index (χ2v) is 9.44. The minimum absolute atomic E-state index is 0.0483. The first kappa shape index (κ1) is 27.1. The molecule has 12 heteroatoms. The Bertz CT molecular complexity index is 1520. The van der Waals surface area contributed by atoms with Gasteiger partial charge in [-0.3, -0.25) is 10.1 Å². The zero-order valence-electron chi connectivity index (χ0n) is 22.5. The normalized spacial score (nSPS) is 14.0. The number of aromatic nitrogens is 2. The number of hydrogen-bond acceptors (Lipinski definition) is 8. The quantitative estimate of drug-likeness (QED) is 0.224. The monoisotopic (exact) mass is 552 g/mol. The SMILES string of the molecule is CCN1CCN(c2ccc(Nc3ccc4c(ccn4Cc4c(F)c(OC)cc(OC)c4F)n3)c([N+](=O)[O-])c2)CC1. The highest BCUT2D eigenvalue weighted by atomic mass is 19.1. The summed E-state index contributed by atoms with van der Waals surface area (Å²) in [6.45, 7) is 6.44. The van der Waals surface area contributed by atoms with E-state index < -0.39 is 16.6 Å². The van der Waals surface area contributed by atoms with Gasteiger partial charge in [0.2, 0.25) is 0 Å². The average molecular weight is 553 g/mol. The van der Waals surface area contributed by atoms with Crippen molar-refractivity contribution in [2.75, 3.05) is 57.2 Å². The van der Waals surface area contributed by atoms with Gasteiger partial charge in [-0.05, 0) is 36.9 Å². The van der Waals surface area contributed by atoms with E-state index in [0.29, 0.717) is 22.5 Å². The second kappa shape index (κ2) is 11.3. The fourth-order valence-electron chi connectivity index (χ4n) is 4.96. The van der Waals surface area contributed by atoms with Crippen LogP contribution in [-0.4, -0.2) is 66.3 Å². The lowest BCUT2D eigenvalue weighted by atomic mass is 10.1. The minimum Gasteiger partial charge on any atom is -0.494 e. The van der Waals surface area contributed by atoms with Gasteiger partial charge in [-0.1, -0.05) is 6.92 Å². The zero-order valence-corrected chi connectivity index (χ0v) is 22.5. The first-order chi connectivity index (χ1) is 19.3. The average Bonchev–Trinajstić information content (AvgIpc) is 3.37. The molecule has 5 rings (SSSR count). The first-order valence-corrected chi connectivity index (χ1v) is 12.9. The number of nitrogens with zero attached hydrogens (tertiary/aromatic N) is 5. The van der Waals surface area contributed by atoms with Crippen molar-refractivity contribution in [2.24, 2.45) is 0 Å². The van der Waals surface area contributed by atoms with Crippen molar-refractivity contribution >= 4 is 33.9 Å². The number of hydrogen-bond donors (Lipinski definition) is 1. The molecule has 0 saturated carbocycles. The summed E-state index contributed by atoms with van der Waals surface area (Å²) in [5.74, 6) is -1.46. The molecule has 10 nitrogen and oxygen atoms in total. The van der Waals surface area contributed by atoms with Crippen LogP contribution in [0.25, 0.3) is 11.0 Å². The molecule has 0 unspecified atom stereocenters. The summed E-state index contributed by atoms with van der Waals surface area (Å²) >= 11 is 0. The molecule has 0 spiro atoms. The first-order valence-electron chi connectivity index (χ1n) is 12.9. The van der Waals surface area contributed by atoms with Gasteiger partial charge in [0.25, 0.3) is 5.69 Å². The van der Waals surface area contributed by atoms with E-state index >= 15 is 0 Å². The van der Waals surface area contributed by atoms with Crippen LogP contribution in [0.15, 0.2) is 48.7 Å². The van der Waals surface area contributed by atoms with E-state index in [0.717, 1.165) is 38.4 Å². The van der Waals surface area contributed by atoms with Crippen LogP contribution in [0.2, 0.25) is 0 Å². The molecule has 40 heavy (non-hydrogen) atoms. The molecule has 0 bridgehead atoms. The van der Waals surface area contributed by atoms with Gasteiger partial charge in [0.05, 0.1) is 42.3 Å². The molecule has 2 aromatic carbocycles. The van der Waals surface area contributed by atoms with Crippen molar-refractivity contribution in [3.05, 3.63) is 76.0 Å². The summed E-state index contributed by atoms with van der Waals surface area (Å²) in [5.41, 5.74) is 2.05. The Balaban J connectivity index is 1.39. The number of benzene rings is 2. The molecule has 1 saturated heterocycles. The summed E-state index contributed by atoms with van der Waals surface area (Å²) in [4.78, 5) is 20.6. The van der Waals surface area contributed by atoms with E-state index in [1.807, 2.05) is 6.07 Å². The number of anilines is 3. The maximum absolute atomic E-state index is 14.9. The Kier molecular flexibility index (Phi) is 7.69. The molecule has 1 aliphatic rings. The number of nitro groups is 1. The molecule has 1 fully saturated rings. The third kappa shape index (κ3) is 5.22. The van der Waals surface area contributed by atoms with Gasteiger partial charge in [0.1, 0.15) is 11.5 Å². The molecule has 1 aliphatic heterocycles. The number of nitro benzene ring substituents is 1. The number of likely N-dealkylation sites (N-methyl/N-ethyl adjacent to an activating group) is 1. The van der Waals surface area contributed by atoms with E-state index in [2.05, 4.69) is 27.0 Å². The lowest BCUT2D eigenvalue weighted by molar-refractivity contribution is -0.383. The lowest BCUT2D eigenvalue weighted by Gasteiger charge is -2.35. The number of ether oxygens (including phenoxy) is 2.